The highest BCUT2D eigenvalue weighted by Crippen LogP contribution is 2.15. The van der Waals surface area contributed by atoms with E-state index in [9.17, 15) is 18.5 Å². The molecule has 0 aliphatic carbocycles. The molecule has 0 radical (unpaired) electrons. The van der Waals surface area contributed by atoms with Crippen molar-refractivity contribution in [3.8, 4) is 0 Å². The topological polar surface area (TPSA) is 130 Å². The Balaban J connectivity index is 1.81. The van der Waals surface area contributed by atoms with E-state index in [1.807, 2.05) is 6.07 Å². The first-order valence-corrected chi connectivity index (χ1v) is 7.90. The molecule has 2 aromatic rings. The molecule has 0 amide bonds. The highest BCUT2D eigenvalue weighted by Gasteiger charge is 2.14. The highest BCUT2D eigenvalue weighted by atomic mass is 32.2. The van der Waals surface area contributed by atoms with Crippen molar-refractivity contribution in [2.75, 3.05) is 13.1 Å². The van der Waals surface area contributed by atoms with Crippen LogP contribution in [0.15, 0.2) is 41.4 Å². The second-order valence-corrected chi connectivity index (χ2v) is 6.17. The second-order valence-electron chi connectivity index (χ2n) is 4.41. The third kappa shape index (κ3) is 4.35. The van der Waals surface area contributed by atoms with Crippen molar-refractivity contribution in [1.82, 2.24) is 20.2 Å². The summed E-state index contributed by atoms with van der Waals surface area (Å²) < 4.78 is 26.4. The number of nitrogens with one attached hydrogen (secondary N) is 3. The number of nitro benzene ring substituents is 1. The van der Waals surface area contributed by atoms with Crippen LogP contribution in [0.1, 0.15) is 5.69 Å². The van der Waals surface area contributed by atoms with Crippen LogP contribution in [-0.2, 0) is 16.6 Å². The number of hydrogen-bond acceptors (Lipinski definition) is 6. The summed E-state index contributed by atoms with van der Waals surface area (Å²) in [5.74, 6) is 0. The van der Waals surface area contributed by atoms with E-state index in [0.29, 0.717) is 13.1 Å². The van der Waals surface area contributed by atoms with Crippen molar-refractivity contribution in [2.24, 2.45) is 0 Å². The molecule has 0 aliphatic rings. The van der Waals surface area contributed by atoms with Gasteiger partial charge < -0.3 is 5.32 Å². The van der Waals surface area contributed by atoms with Crippen LogP contribution in [0.3, 0.4) is 0 Å². The quantitative estimate of drug-likeness (QED) is 0.365. The van der Waals surface area contributed by atoms with Crippen LogP contribution in [0, 0.1) is 10.1 Å². The molecule has 0 bridgehead atoms. The Kier molecular flexibility index (Phi) is 5.20. The molecule has 0 aliphatic heterocycles. The maximum atomic E-state index is 12.0. The monoisotopic (exact) mass is 325 g/mol. The molecular weight excluding hydrogens is 310 g/mol. The molecule has 9 nitrogen and oxygen atoms in total. The fraction of sp³-hybridized carbons (Fsp3) is 0.250. The molecule has 2 rings (SSSR count). The molecule has 1 aromatic heterocycles. The summed E-state index contributed by atoms with van der Waals surface area (Å²) in [6.45, 7) is 1.19. The fourth-order valence-corrected chi connectivity index (χ4v) is 2.74. The van der Waals surface area contributed by atoms with Gasteiger partial charge in [-0.25, -0.2) is 13.1 Å². The standard InChI is InChI=1S/C12H15N5O4S/c18-17(19)11-1-3-12(4-2-11)22(20,21)15-8-7-13-9-10-5-6-14-16-10/h1-6,13,15H,7-9H2,(H,14,16). The van der Waals surface area contributed by atoms with E-state index in [1.54, 1.807) is 6.20 Å². The Labute approximate surface area is 126 Å². The average Bonchev–Trinajstić information content (AvgIpc) is 3.00. The van der Waals surface area contributed by atoms with E-state index < -0.39 is 14.9 Å². The molecule has 3 N–H and O–H groups in total. The molecule has 0 atom stereocenters. The Morgan fingerprint density at radius 2 is 1.91 bits per heavy atom. The summed E-state index contributed by atoms with van der Waals surface area (Å²) in [5, 5.41) is 20.2. The second kappa shape index (κ2) is 7.11. The van der Waals surface area contributed by atoms with Gasteiger partial charge in [-0.15, -0.1) is 0 Å². The number of rotatable bonds is 8. The lowest BCUT2D eigenvalue weighted by molar-refractivity contribution is -0.384. The van der Waals surface area contributed by atoms with Gasteiger partial charge in [0.2, 0.25) is 10.0 Å². The van der Waals surface area contributed by atoms with Crippen molar-refractivity contribution in [3.05, 3.63) is 52.3 Å². The minimum Gasteiger partial charge on any atom is -0.310 e. The van der Waals surface area contributed by atoms with Crippen molar-refractivity contribution >= 4 is 15.7 Å². The van der Waals surface area contributed by atoms with Gasteiger partial charge in [0.25, 0.3) is 5.69 Å². The lowest BCUT2D eigenvalue weighted by Crippen LogP contribution is -2.31. The van der Waals surface area contributed by atoms with Gasteiger partial charge in [0.05, 0.1) is 9.82 Å². The van der Waals surface area contributed by atoms with E-state index in [1.165, 1.54) is 12.1 Å². The first-order valence-electron chi connectivity index (χ1n) is 6.42. The number of hydrogen-bond donors (Lipinski definition) is 3. The van der Waals surface area contributed by atoms with Gasteiger partial charge in [0, 0.05) is 43.7 Å². The zero-order valence-corrected chi connectivity index (χ0v) is 12.3. The Bertz CT molecular complexity index is 712. The smallest absolute Gasteiger partial charge is 0.269 e. The molecule has 0 saturated carbocycles. The highest BCUT2D eigenvalue weighted by molar-refractivity contribution is 7.89. The van der Waals surface area contributed by atoms with Crippen molar-refractivity contribution < 1.29 is 13.3 Å². The van der Waals surface area contributed by atoms with Crippen LogP contribution in [0.5, 0.6) is 0 Å². The molecule has 0 unspecified atom stereocenters. The lowest BCUT2D eigenvalue weighted by atomic mass is 10.3. The third-order valence-electron chi connectivity index (χ3n) is 2.83. The van der Waals surface area contributed by atoms with Gasteiger partial charge in [0.1, 0.15) is 0 Å². The predicted molar refractivity (Wildman–Crippen MR) is 78.6 cm³/mol. The number of sulfonamides is 1. The number of benzene rings is 1. The molecule has 10 heteroatoms. The summed E-state index contributed by atoms with van der Waals surface area (Å²) in [5.41, 5.74) is 0.749. The predicted octanol–water partition coefficient (Wildman–Crippen LogP) is 0.386. The molecule has 0 fully saturated rings. The number of nitro groups is 1. The number of H-pyrrole nitrogens is 1. The summed E-state index contributed by atoms with van der Waals surface area (Å²) >= 11 is 0. The zero-order valence-electron chi connectivity index (χ0n) is 11.5. The molecule has 1 aromatic carbocycles. The van der Waals surface area contributed by atoms with E-state index >= 15 is 0 Å². The number of nitrogens with zero attached hydrogens (tertiary/aromatic N) is 2. The van der Waals surface area contributed by atoms with E-state index in [-0.39, 0.29) is 17.1 Å². The third-order valence-corrected chi connectivity index (χ3v) is 4.30. The molecule has 0 saturated heterocycles. The van der Waals surface area contributed by atoms with Crippen LogP contribution in [0.4, 0.5) is 5.69 Å². The lowest BCUT2D eigenvalue weighted by Gasteiger charge is -2.07. The van der Waals surface area contributed by atoms with Gasteiger partial charge >= 0.3 is 0 Å². The minimum atomic E-state index is -3.67. The molecule has 118 valence electrons. The first-order chi connectivity index (χ1) is 10.5. The maximum Gasteiger partial charge on any atom is 0.269 e. The summed E-state index contributed by atoms with van der Waals surface area (Å²) in [7, 11) is -3.67. The van der Waals surface area contributed by atoms with Crippen molar-refractivity contribution in [1.29, 1.82) is 0 Å². The minimum absolute atomic E-state index is 0.00771. The van der Waals surface area contributed by atoms with E-state index in [0.717, 1.165) is 17.8 Å². The van der Waals surface area contributed by atoms with Gasteiger partial charge in [-0.3, -0.25) is 15.2 Å². The molecule has 0 spiro atoms. The van der Waals surface area contributed by atoms with Crippen molar-refractivity contribution in [2.45, 2.75) is 11.4 Å². The van der Waals surface area contributed by atoms with E-state index in [4.69, 9.17) is 0 Å². The largest absolute Gasteiger partial charge is 0.310 e. The van der Waals surface area contributed by atoms with Crippen LogP contribution in [-0.4, -0.2) is 36.6 Å². The Morgan fingerprint density at radius 3 is 2.50 bits per heavy atom. The summed E-state index contributed by atoms with van der Waals surface area (Å²) in [4.78, 5) is 9.94. The van der Waals surface area contributed by atoms with E-state index in [2.05, 4.69) is 20.2 Å². The normalized spacial score (nSPS) is 11.5. The van der Waals surface area contributed by atoms with Crippen molar-refractivity contribution in [3.63, 3.8) is 0 Å². The van der Waals surface area contributed by atoms with Gasteiger partial charge in [-0.2, -0.15) is 5.10 Å². The molecule has 22 heavy (non-hydrogen) atoms. The Morgan fingerprint density at radius 1 is 1.18 bits per heavy atom. The van der Waals surface area contributed by atoms with Gasteiger partial charge in [-0.1, -0.05) is 0 Å². The molecule has 1 heterocycles. The van der Waals surface area contributed by atoms with Crippen LogP contribution < -0.4 is 10.0 Å². The zero-order chi connectivity index (χ0) is 16.0. The van der Waals surface area contributed by atoms with Gasteiger partial charge in [-0.05, 0) is 18.2 Å². The maximum absolute atomic E-state index is 12.0. The van der Waals surface area contributed by atoms with Gasteiger partial charge in [0.15, 0.2) is 0 Å². The summed E-state index contributed by atoms with van der Waals surface area (Å²) in [6, 6.07) is 6.54. The van der Waals surface area contributed by atoms with Crippen LogP contribution in [0.2, 0.25) is 0 Å². The van der Waals surface area contributed by atoms with Crippen LogP contribution in [0.25, 0.3) is 0 Å². The summed E-state index contributed by atoms with van der Waals surface area (Å²) in [6.07, 6.45) is 1.63. The SMILES string of the molecule is O=[N+]([O-])c1ccc(S(=O)(=O)NCCNCc2ccn[nH]2)cc1. The number of non-ortho nitro benzene ring substituents is 1. The fourth-order valence-electron chi connectivity index (χ4n) is 1.71. The molecular formula is C12H15N5O4S. The Hall–Kier alpha value is -2.30. The van der Waals surface area contributed by atoms with Crippen LogP contribution >= 0.6 is 0 Å². The number of aromatic nitrogens is 2. The first kappa shape index (κ1) is 16.1. The average molecular weight is 325 g/mol. The number of aromatic amines is 1.